The Bertz CT molecular complexity index is 567. The van der Waals surface area contributed by atoms with Gasteiger partial charge in [0.25, 0.3) is 0 Å². The first-order valence-electron chi connectivity index (χ1n) is 6.55. The van der Waals surface area contributed by atoms with Crippen LogP contribution in [0, 0.1) is 5.92 Å². The molecule has 1 heterocycles. The minimum atomic E-state index is 0.239. The van der Waals surface area contributed by atoms with Crippen LogP contribution in [0.2, 0.25) is 0 Å². The standard InChI is InChI=1S/C15H17BrN2S/c16-13-7-8-19-15(13)14(18-17)12-6-5-10-3-1-2-4-11(10)9-12/h1-4,7-8,12,14,18H,5-6,9,17H2. The van der Waals surface area contributed by atoms with Crippen molar-refractivity contribution in [3.8, 4) is 0 Å². The second-order valence-corrected chi connectivity index (χ2v) is 6.85. The van der Waals surface area contributed by atoms with Crippen molar-refractivity contribution in [2.75, 3.05) is 0 Å². The molecular weight excluding hydrogens is 320 g/mol. The van der Waals surface area contributed by atoms with Crippen LogP contribution in [0.5, 0.6) is 0 Å². The quantitative estimate of drug-likeness (QED) is 0.660. The molecule has 19 heavy (non-hydrogen) atoms. The molecule has 3 rings (SSSR count). The minimum absolute atomic E-state index is 0.239. The zero-order valence-corrected chi connectivity index (χ0v) is 13.0. The number of nitrogens with one attached hydrogen (secondary N) is 1. The van der Waals surface area contributed by atoms with Gasteiger partial charge in [-0.25, -0.2) is 0 Å². The SMILES string of the molecule is NNC(c1sccc1Br)C1CCc2ccccc2C1. The third-order valence-corrected chi connectivity index (χ3v) is 5.92. The average molecular weight is 337 g/mol. The third kappa shape index (κ3) is 2.63. The summed E-state index contributed by atoms with van der Waals surface area (Å²) in [5.41, 5.74) is 6.00. The summed E-state index contributed by atoms with van der Waals surface area (Å²) in [6, 6.07) is 11.1. The van der Waals surface area contributed by atoms with E-state index in [9.17, 15) is 0 Å². The van der Waals surface area contributed by atoms with Crippen LogP contribution < -0.4 is 11.3 Å². The lowest BCUT2D eigenvalue weighted by molar-refractivity contribution is 0.333. The first-order valence-corrected chi connectivity index (χ1v) is 8.22. The first-order chi connectivity index (χ1) is 9.29. The zero-order valence-electron chi connectivity index (χ0n) is 10.6. The van der Waals surface area contributed by atoms with Gasteiger partial charge < -0.3 is 0 Å². The number of rotatable bonds is 3. The van der Waals surface area contributed by atoms with Gasteiger partial charge in [0.15, 0.2) is 0 Å². The summed E-state index contributed by atoms with van der Waals surface area (Å²) in [6.07, 6.45) is 3.45. The summed E-state index contributed by atoms with van der Waals surface area (Å²) >= 11 is 5.39. The van der Waals surface area contributed by atoms with E-state index in [0.717, 1.165) is 12.8 Å². The molecule has 1 aliphatic carbocycles. The highest BCUT2D eigenvalue weighted by Gasteiger charge is 2.28. The average Bonchev–Trinajstić information content (AvgIpc) is 2.86. The predicted molar refractivity (Wildman–Crippen MR) is 84.0 cm³/mol. The van der Waals surface area contributed by atoms with E-state index < -0.39 is 0 Å². The molecule has 0 saturated heterocycles. The lowest BCUT2D eigenvalue weighted by atomic mass is 9.80. The van der Waals surface area contributed by atoms with Crippen LogP contribution in [0.25, 0.3) is 0 Å². The number of aryl methyl sites for hydroxylation is 1. The Kier molecular flexibility index (Phi) is 4.03. The molecule has 0 amide bonds. The predicted octanol–water partition coefficient (Wildman–Crippen LogP) is 3.82. The molecule has 0 bridgehead atoms. The van der Waals surface area contributed by atoms with Crippen LogP contribution in [0.1, 0.15) is 28.5 Å². The third-order valence-electron chi connectivity index (χ3n) is 3.96. The van der Waals surface area contributed by atoms with Crippen LogP contribution in [-0.2, 0) is 12.8 Å². The van der Waals surface area contributed by atoms with Crippen LogP contribution in [0.15, 0.2) is 40.2 Å². The molecular formula is C15H17BrN2S. The second-order valence-electron chi connectivity index (χ2n) is 5.05. The Hall–Kier alpha value is -0.680. The summed E-state index contributed by atoms with van der Waals surface area (Å²) in [6.45, 7) is 0. The molecule has 0 fully saturated rings. The van der Waals surface area contributed by atoms with Crippen molar-refractivity contribution in [1.82, 2.24) is 5.43 Å². The summed E-state index contributed by atoms with van der Waals surface area (Å²) < 4.78 is 1.17. The molecule has 1 aliphatic rings. The van der Waals surface area contributed by atoms with Gasteiger partial charge in [-0.3, -0.25) is 11.3 Å². The van der Waals surface area contributed by atoms with Crippen molar-refractivity contribution < 1.29 is 0 Å². The van der Waals surface area contributed by atoms with Crippen molar-refractivity contribution in [3.05, 3.63) is 56.2 Å². The van der Waals surface area contributed by atoms with Crippen molar-refractivity contribution in [3.63, 3.8) is 0 Å². The first kappa shape index (κ1) is 13.3. The van der Waals surface area contributed by atoms with Gasteiger partial charge in [0.2, 0.25) is 0 Å². The molecule has 3 N–H and O–H groups in total. The molecule has 1 aromatic carbocycles. The van der Waals surface area contributed by atoms with E-state index in [1.54, 1.807) is 11.3 Å². The molecule has 2 aromatic rings. The van der Waals surface area contributed by atoms with Crippen molar-refractivity contribution >= 4 is 27.3 Å². The number of fused-ring (bicyclic) bond motifs is 1. The van der Waals surface area contributed by atoms with Gasteiger partial charge in [-0.1, -0.05) is 24.3 Å². The number of nitrogens with two attached hydrogens (primary N) is 1. The highest BCUT2D eigenvalue weighted by Crippen LogP contribution is 2.38. The fourth-order valence-electron chi connectivity index (χ4n) is 2.96. The van der Waals surface area contributed by atoms with Crippen LogP contribution in [-0.4, -0.2) is 0 Å². The second kappa shape index (κ2) is 5.75. The van der Waals surface area contributed by atoms with Gasteiger partial charge in [0, 0.05) is 9.35 Å². The van der Waals surface area contributed by atoms with Crippen LogP contribution in [0.4, 0.5) is 0 Å². The van der Waals surface area contributed by atoms with Crippen molar-refractivity contribution in [1.29, 1.82) is 0 Å². The number of benzene rings is 1. The monoisotopic (exact) mass is 336 g/mol. The molecule has 2 unspecified atom stereocenters. The number of hydrogen-bond donors (Lipinski definition) is 2. The maximum atomic E-state index is 5.82. The molecule has 0 radical (unpaired) electrons. The molecule has 100 valence electrons. The van der Waals surface area contributed by atoms with Gasteiger partial charge in [-0.05, 0) is 63.7 Å². The molecule has 1 aromatic heterocycles. The van der Waals surface area contributed by atoms with Crippen molar-refractivity contribution in [2.24, 2.45) is 11.8 Å². The molecule has 0 spiro atoms. The Morgan fingerprint density at radius 1 is 1.26 bits per heavy atom. The lowest BCUT2D eigenvalue weighted by Gasteiger charge is -2.31. The van der Waals surface area contributed by atoms with E-state index in [4.69, 9.17) is 5.84 Å². The summed E-state index contributed by atoms with van der Waals surface area (Å²) in [7, 11) is 0. The van der Waals surface area contributed by atoms with E-state index in [-0.39, 0.29) is 6.04 Å². The van der Waals surface area contributed by atoms with Gasteiger partial charge in [0.05, 0.1) is 6.04 Å². The van der Waals surface area contributed by atoms with Gasteiger partial charge >= 0.3 is 0 Å². The fraction of sp³-hybridized carbons (Fsp3) is 0.333. The van der Waals surface area contributed by atoms with Gasteiger partial charge in [-0.15, -0.1) is 11.3 Å². The molecule has 0 aliphatic heterocycles. The van der Waals surface area contributed by atoms with Gasteiger partial charge in [0.1, 0.15) is 0 Å². The van der Waals surface area contributed by atoms with Crippen LogP contribution in [0.3, 0.4) is 0 Å². The molecule has 2 nitrogen and oxygen atoms in total. The zero-order chi connectivity index (χ0) is 13.2. The van der Waals surface area contributed by atoms with E-state index >= 15 is 0 Å². The molecule has 2 atom stereocenters. The summed E-state index contributed by atoms with van der Waals surface area (Å²) in [5.74, 6) is 6.38. The Morgan fingerprint density at radius 2 is 2.05 bits per heavy atom. The van der Waals surface area contributed by atoms with Crippen LogP contribution >= 0.6 is 27.3 Å². The topological polar surface area (TPSA) is 38.0 Å². The number of hydrazine groups is 1. The van der Waals surface area contributed by atoms with E-state index in [0.29, 0.717) is 5.92 Å². The number of halogens is 1. The highest BCUT2D eigenvalue weighted by atomic mass is 79.9. The van der Waals surface area contributed by atoms with E-state index in [1.165, 1.54) is 26.9 Å². The number of thiophene rings is 1. The highest BCUT2D eigenvalue weighted by molar-refractivity contribution is 9.10. The Morgan fingerprint density at radius 3 is 2.74 bits per heavy atom. The summed E-state index contributed by atoms with van der Waals surface area (Å²) in [4.78, 5) is 1.31. The largest absolute Gasteiger partial charge is 0.271 e. The van der Waals surface area contributed by atoms with Gasteiger partial charge in [-0.2, -0.15) is 0 Å². The minimum Gasteiger partial charge on any atom is -0.271 e. The van der Waals surface area contributed by atoms with E-state index in [2.05, 4.69) is 57.1 Å². The normalized spacial score (nSPS) is 20.0. The molecule has 4 heteroatoms. The Balaban J connectivity index is 1.85. The summed E-state index contributed by atoms with van der Waals surface area (Å²) in [5, 5.41) is 2.11. The van der Waals surface area contributed by atoms with Crippen molar-refractivity contribution in [2.45, 2.75) is 25.3 Å². The maximum Gasteiger partial charge on any atom is 0.0596 e. The fourth-order valence-corrected chi connectivity index (χ4v) is 4.74. The molecule has 0 saturated carbocycles. The van der Waals surface area contributed by atoms with E-state index in [1.807, 2.05) is 0 Å². The Labute approximate surface area is 126 Å². The smallest absolute Gasteiger partial charge is 0.0596 e. The maximum absolute atomic E-state index is 5.82. The lowest BCUT2D eigenvalue weighted by Crippen LogP contribution is -2.35. The number of hydrogen-bond acceptors (Lipinski definition) is 3.